The number of nitrogens with one attached hydrogen (secondary N) is 2. The Morgan fingerprint density at radius 1 is 0.681 bits per heavy atom. The fourth-order valence-corrected chi connectivity index (χ4v) is 7.07. The van der Waals surface area contributed by atoms with E-state index in [1.165, 1.54) is 38.5 Å². The van der Waals surface area contributed by atoms with Crippen LogP contribution in [0.5, 0.6) is 0 Å². The topological polar surface area (TPSA) is 79.5 Å². The Morgan fingerprint density at radius 2 is 1.34 bits per heavy atom. The van der Waals surface area contributed by atoms with E-state index in [0.717, 1.165) is 69.2 Å². The van der Waals surface area contributed by atoms with Gasteiger partial charge in [0.1, 0.15) is 11.5 Å². The third-order valence-electron chi connectivity index (χ3n) is 9.42. The monoisotopic (exact) mass is 617 g/mol. The molecule has 0 saturated heterocycles. The summed E-state index contributed by atoms with van der Waals surface area (Å²) in [7, 11) is 0. The number of rotatable bonds is 9. The van der Waals surface area contributed by atoms with Gasteiger partial charge in [-0.1, -0.05) is 105 Å². The number of nitrogens with zero attached hydrogens (tertiary/aromatic N) is 5. The molecule has 0 amide bonds. The first-order valence-electron chi connectivity index (χ1n) is 17.0. The van der Waals surface area contributed by atoms with Crippen molar-refractivity contribution in [2.24, 2.45) is 4.99 Å². The molecule has 0 aliphatic heterocycles. The molecule has 2 fully saturated rings. The number of benzene rings is 3. The zero-order valence-electron chi connectivity index (χ0n) is 26.5. The lowest BCUT2D eigenvalue weighted by molar-refractivity contribution is 0.742. The summed E-state index contributed by atoms with van der Waals surface area (Å²) in [6, 6.07) is 38.4. The Morgan fingerprint density at radius 3 is 2.04 bits per heavy atom. The van der Waals surface area contributed by atoms with Gasteiger partial charge in [0.25, 0.3) is 0 Å². The maximum Gasteiger partial charge on any atom is 0.223 e. The molecule has 2 aliphatic carbocycles. The minimum absolute atomic E-state index is 0.425. The van der Waals surface area contributed by atoms with Gasteiger partial charge >= 0.3 is 0 Å². The first-order valence-corrected chi connectivity index (χ1v) is 17.0. The van der Waals surface area contributed by atoms with Crippen molar-refractivity contribution in [2.45, 2.75) is 63.5 Å². The van der Waals surface area contributed by atoms with Gasteiger partial charge < -0.3 is 10.6 Å². The van der Waals surface area contributed by atoms with Gasteiger partial charge in [-0.3, -0.25) is 0 Å². The van der Waals surface area contributed by atoms with E-state index in [1.54, 1.807) is 0 Å². The van der Waals surface area contributed by atoms with Crippen LogP contribution in [0.4, 0.5) is 17.5 Å². The molecule has 7 heteroatoms. The highest BCUT2D eigenvalue weighted by Gasteiger charge is 2.23. The Balaban J connectivity index is 1.26. The summed E-state index contributed by atoms with van der Waals surface area (Å²) < 4.78 is 2.06. The fraction of sp³-hybridized carbons (Fsp3) is 0.250. The lowest BCUT2D eigenvalue weighted by Crippen LogP contribution is -2.17. The van der Waals surface area contributed by atoms with Gasteiger partial charge in [-0.05, 0) is 56.0 Å². The molecule has 0 bridgehead atoms. The van der Waals surface area contributed by atoms with Crippen LogP contribution in [0.15, 0.2) is 120 Å². The Labute approximate surface area is 275 Å². The smallest absolute Gasteiger partial charge is 0.223 e. The molecule has 2 aliphatic rings. The van der Waals surface area contributed by atoms with Crippen molar-refractivity contribution in [3.8, 4) is 22.5 Å². The molecule has 0 atom stereocenters. The van der Waals surface area contributed by atoms with E-state index in [9.17, 15) is 0 Å². The van der Waals surface area contributed by atoms with E-state index in [4.69, 9.17) is 15.1 Å². The van der Waals surface area contributed by atoms with Crippen LogP contribution in [0, 0.1) is 0 Å². The Kier molecular flexibility index (Phi) is 8.18. The average molecular weight is 618 g/mol. The van der Waals surface area contributed by atoms with E-state index in [2.05, 4.69) is 111 Å². The van der Waals surface area contributed by atoms with E-state index in [0.29, 0.717) is 18.0 Å². The SMILES string of the molecule is c1ccc(C(=Nc2cccc(-c3nn4c(NC5CCCC5)cccc4c3-c3ccnc(NC4CCCC4)n3)c2)c2ccccc2)cc1. The van der Waals surface area contributed by atoms with Gasteiger partial charge in [-0.2, -0.15) is 5.10 Å². The highest BCUT2D eigenvalue weighted by atomic mass is 15.3. The van der Waals surface area contributed by atoms with Gasteiger partial charge in [0, 0.05) is 35.0 Å². The van der Waals surface area contributed by atoms with Crippen LogP contribution in [-0.4, -0.2) is 37.4 Å². The number of aliphatic imine (C=N–C) groups is 1. The molecule has 8 rings (SSSR count). The number of hydrogen-bond donors (Lipinski definition) is 2. The second kappa shape index (κ2) is 13.2. The van der Waals surface area contributed by atoms with Gasteiger partial charge in [0.2, 0.25) is 5.95 Å². The van der Waals surface area contributed by atoms with E-state index >= 15 is 0 Å². The molecular weight excluding hydrogens is 578 g/mol. The molecule has 234 valence electrons. The van der Waals surface area contributed by atoms with Crippen molar-refractivity contribution in [3.63, 3.8) is 0 Å². The highest BCUT2D eigenvalue weighted by Crippen LogP contribution is 2.38. The van der Waals surface area contributed by atoms with Crippen LogP contribution < -0.4 is 10.6 Å². The highest BCUT2D eigenvalue weighted by molar-refractivity contribution is 6.14. The zero-order valence-corrected chi connectivity index (χ0v) is 26.5. The predicted molar refractivity (Wildman–Crippen MR) is 192 cm³/mol. The van der Waals surface area contributed by atoms with Crippen LogP contribution in [0.3, 0.4) is 0 Å². The maximum atomic E-state index is 5.30. The normalized spacial score (nSPS) is 15.2. The number of anilines is 2. The van der Waals surface area contributed by atoms with Crippen molar-refractivity contribution < 1.29 is 0 Å². The van der Waals surface area contributed by atoms with Crippen molar-refractivity contribution in [3.05, 3.63) is 127 Å². The Bertz CT molecular complexity index is 1960. The molecule has 7 nitrogen and oxygen atoms in total. The fourth-order valence-electron chi connectivity index (χ4n) is 7.07. The molecule has 0 radical (unpaired) electrons. The first kappa shape index (κ1) is 29.1. The lowest BCUT2D eigenvalue weighted by Gasteiger charge is -2.14. The molecule has 0 unspecified atom stereocenters. The van der Waals surface area contributed by atoms with E-state index in [1.807, 2.05) is 24.4 Å². The minimum atomic E-state index is 0.425. The molecule has 47 heavy (non-hydrogen) atoms. The van der Waals surface area contributed by atoms with Crippen molar-refractivity contribution in [1.29, 1.82) is 0 Å². The first-order chi connectivity index (χ1) is 23.3. The summed E-state index contributed by atoms with van der Waals surface area (Å²) in [4.78, 5) is 14.9. The molecule has 3 aromatic carbocycles. The number of pyridine rings is 1. The van der Waals surface area contributed by atoms with Gasteiger partial charge in [0.15, 0.2) is 0 Å². The standard InChI is InChI=1S/C40H39N7/c1-3-13-28(14-4-1)38(29-15-5-2-6-16-29)43-33-22-11-17-30(27-33)39-37(34-25-26-41-40(45-34)44-32-20-9-10-21-32)35-23-12-24-36(47(35)46-39)42-31-18-7-8-19-31/h1-6,11-17,22-27,31-32,42H,7-10,18-21H2,(H,41,44,45). The zero-order chi connectivity index (χ0) is 31.4. The second-order valence-electron chi connectivity index (χ2n) is 12.7. The van der Waals surface area contributed by atoms with Crippen LogP contribution >= 0.6 is 0 Å². The summed E-state index contributed by atoms with van der Waals surface area (Å²) in [5.41, 5.74) is 8.65. The van der Waals surface area contributed by atoms with Crippen molar-refractivity contribution in [2.75, 3.05) is 10.6 Å². The number of hydrogen-bond acceptors (Lipinski definition) is 6. The number of fused-ring (bicyclic) bond motifs is 1. The lowest BCUT2D eigenvalue weighted by atomic mass is 10.0. The maximum absolute atomic E-state index is 5.30. The van der Waals surface area contributed by atoms with Crippen LogP contribution in [0.2, 0.25) is 0 Å². The summed E-state index contributed by atoms with van der Waals surface area (Å²) >= 11 is 0. The molecular formula is C40H39N7. The molecule has 0 spiro atoms. The molecule has 2 saturated carbocycles. The summed E-state index contributed by atoms with van der Waals surface area (Å²) in [5, 5.41) is 12.7. The van der Waals surface area contributed by atoms with E-state index < -0.39 is 0 Å². The minimum Gasteiger partial charge on any atom is -0.367 e. The van der Waals surface area contributed by atoms with Crippen molar-refractivity contribution >= 4 is 28.7 Å². The van der Waals surface area contributed by atoms with Gasteiger partial charge in [-0.25, -0.2) is 19.5 Å². The molecule has 2 N–H and O–H groups in total. The Hall–Kier alpha value is -5.30. The van der Waals surface area contributed by atoms with Crippen molar-refractivity contribution in [1.82, 2.24) is 19.6 Å². The predicted octanol–water partition coefficient (Wildman–Crippen LogP) is 9.34. The third-order valence-corrected chi connectivity index (χ3v) is 9.42. The van der Waals surface area contributed by atoms with E-state index in [-0.39, 0.29) is 0 Å². The summed E-state index contributed by atoms with van der Waals surface area (Å²) in [5.74, 6) is 1.68. The number of aromatic nitrogens is 4. The van der Waals surface area contributed by atoms with Crippen LogP contribution in [0.1, 0.15) is 62.5 Å². The van der Waals surface area contributed by atoms with Gasteiger partial charge in [0.05, 0.1) is 28.2 Å². The molecule has 3 heterocycles. The average Bonchev–Trinajstić information content (AvgIpc) is 3.91. The summed E-state index contributed by atoms with van der Waals surface area (Å²) in [6.07, 6.45) is 11.6. The van der Waals surface area contributed by atoms with Crippen LogP contribution in [-0.2, 0) is 0 Å². The largest absolute Gasteiger partial charge is 0.367 e. The van der Waals surface area contributed by atoms with Crippen LogP contribution in [0.25, 0.3) is 28.0 Å². The van der Waals surface area contributed by atoms with Gasteiger partial charge in [-0.15, -0.1) is 0 Å². The second-order valence-corrected chi connectivity index (χ2v) is 12.7. The quantitative estimate of drug-likeness (QED) is 0.158. The third kappa shape index (κ3) is 6.26. The molecule has 6 aromatic rings. The summed E-state index contributed by atoms with van der Waals surface area (Å²) in [6.45, 7) is 0. The molecule has 3 aromatic heterocycles.